The molecule has 0 aromatic heterocycles. The van der Waals surface area contributed by atoms with Crippen molar-refractivity contribution >= 4 is 5.96 Å². The summed E-state index contributed by atoms with van der Waals surface area (Å²) in [4.78, 5) is 9.69. The van der Waals surface area contributed by atoms with E-state index in [9.17, 15) is 5.11 Å². The number of nitrogens with zero attached hydrogens (tertiary/aromatic N) is 3. The molecule has 1 aromatic carbocycles. The first-order chi connectivity index (χ1) is 14.1. The number of aliphatic hydroxyl groups excluding tert-OH is 1. The molecule has 2 fully saturated rings. The van der Waals surface area contributed by atoms with Gasteiger partial charge in [-0.15, -0.1) is 0 Å². The number of hydrogen-bond acceptors (Lipinski definition) is 4. The molecule has 0 amide bonds. The molecule has 29 heavy (non-hydrogen) atoms. The molecule has 2 saturated heterocycles. The minimum Gasteiger partial charge on any atom is -0.393 e. The second kappa shape index (κ2) is 11.0. The number of aliphatic imine (C=N–C) groups is 1. The molecule has 6 nitrogen and oxygen atoms in total. The molecular formula is C23H38N4O2. The Morgan fingerprint density at radius 2 is 2.03 bits per heavy atom. The second-order valence-corrected chi connectivity index (χ2v) is 8.33. The third-order valence-corrected chi connectivity index (χ3v) is 5.92. The topological polar surface area (TPSA) is 60.3 Å². The number of morpholine rings is 1. The smallest absolute Gasteiger partial charge is 0.194 e. The molecule has 2 aliphatic rings. The third kappa shape index (κ3) is 6.43. The molecule has 0 radical (unpaired) electrons. The van der Waals surface area contributed by atoms with E-state index in [0.717, 1.165) is 77.6 Å². The van der Waals surface area contributed by atoms with Crippen molar-refractivity contribution in [2.45, 2.75) is 52.2 Å². The van der Waals surface area contributed by atoms with Gasteiger partial charge in [0, 0.05) is 32.7 Å². The molecule has 2 heterocycles. The van der Waals surface area contributed by atoms with Crippen LogP contribution in [0.3, 0.4) is 0 Å². The van der Waals surface area contributed by atoms with Crippen LogP contribution in [0.5, 0.6) is 0 Å². The van der Waals surface area contributed by atoms with Crippen molar-refractivity contribution in [3.8, 4) is 0 Å². The van der Waals surface area contributed by atoms with Crippen molar-refractivity contribution in [2.75, 3.05) is 52.4 Å². The number of likely N-dealkylation sites (tertiary alicyclic amines) is 1. The first kappa shape index (κ1) is 22.1. The molecule has 3 rings (SSSR count). The van der Waals surface area contributed by atoms with Crippen LogP contribution in [0.4, 0.5) is 0 Å². The standard InChI is InChI=1S/C23H38N4O2/c1-4-24-23(25-10-5-11-26-12-8-20(28)9-13-26)27-14-15-29-22(17-27)21-7-6-18(2)16-19(21)3/h6-7,16,20,22,28H,4-5,8-15,17H2,1-3H3,(H,24,25). The van der Waals surface area contributed by atoms with E-state index in [4.69, 9.17) is 9.73 Å². The van der Waals surface area contributed by atoms with E-state index in [2.05, 4.69) is 54.1 Å². The van der Waals surface area contributed by atoms with Gasteiger partial charge < -0.3 is 25.0 Å². The maximum atomic E-state index is 9.64. The van der Waals surface area contributed by atoms with Crippen LogP contribution in [-0.2, 0) is 4.74 Å². The Hall–Kier alpha value is -1.63. The third-order valence-electron chi connectivity index (χ3n) is 5.92. The van der Waals surface area contributed by atoms with Crippen LogP contribution in [0, 0.1) is 13.8 Å². The Kier molecular flexibility index (Phi) is 8.33. The van der Waals surface area contributed by atoms with Crippen molar-refractivity contribution in [3.63, 3.8) is 0 Å². The van der Waals surface area contributed by atoms with Crippen LogP contribution < -0.4 is 5.32 Å². The van der Waals surface area contributed by atoms with Crippen LogP contribution in [0.1, 0.15) is 49.0 Å². The summed E-state index contributed by atoms with van der Waals surface area (Å²) in [6.45, 7) is 13.6. The predicted molar refractivity (Wildman–Crippen MR) is 118 cm³/mol. The van der Waals surface area contributed by atoms with E-state index >= 15 is 0 Å². The summed E-state index contributed by atoms with van der Waals surface area (Å²) in [5.74, 6) is 1.000. The normalized spacial score (nSPS) is 22.1. The molecule has 0 saturated carbocycles. The quantitative estimate of drug-likeness (QED) is 0.435. The van der Waals surface area contributed by atoms with Gasteiger partial charge in [0.15, 0.2) is 5.96 Å². The lowest BCUT2D eigenvalue weighted by Crippen LogP contribution is -2.48. The van der Waals surface area contributed by atoms with Crippen molar-refractivity contribution < 1.29 is 9.84 Å². The highest BCUT2D eigenvalue weighted by molar-refractivity contribution is 5.80. The van der Waals surface area contributed by atoms with E-state index in [1.54, 1.807) is 0 Å². The van der Waals surface area contributed by atoms with E-state index in [-0.39, 0.29) is 12.2 Å². The lowest BCUT2D eigenvalue weighted by atomic mass is 10.00. The summed E-state index contributed by atoms with van der Waals surface area (Å²) in [7, 11) is 0. The van der Waals surface area contributed by atoms with Gasteiger partial charge in [-0.1, -0.05) is 23.8 Å². The minimum atomic E-state index is -0.101. The van der Waals surface area contributed by atoms with Gasteiger partial charge in [0.05, 0.1) is 19.3 Å². The molecule has 0 bridgehead atoms. The zero-order valence-electron chi connectivity index (χ0n) is 18.4. The molecule has 1 atom stereocenters. The summed E-state index contributed by atoms with van der Waals surface area (Å²) < 4.78 is 6.11. The van der Waals surface area contributed by atoms with E-state index < -0.39 is 0 Å². The zero-order valence-corrected chi connectivity index (χ0v) is 18.4. The van der Waals surface area contributed by atoms with Crippen molar-refractivity contribution in [3.05, 3.63) is 34.9 Å². The van der Waals surface area contributed by atoms with Crippen molar-refractivity contribution in [1.29, 1.82) is 0 Å². The Morgan fingerprint density at radius 1 is 1.24 bits per heavy atom. The van der Waals surface area contributed by atoms with Crippen LogP contribution in [0.2, 0.25) is 0 Å². The number of ether oxygens (including phenoxy) is 1. The minimum absolute atomic E-state index is 0.0907. The number of rotatable bonds is 6. The number of benzene rings is 1. The fourth-order valence-corrected chi connectivity index (χ4v) is 4.26. The van der Waals surface area contributed by atoms with Crippen molar-refractivity contribution in [2.24, 2.45) is 4.99 Å². The molecule has 0 spiro atoms. The number of aryl methyl sites for hydroxylation is 2. The lowest BCUT2D eigenvalue weighted by molar-refractivity contribution is -0.00834. The van der Waals surface area contributed by atoms with Gasteiger partial charge in [-0.05, 0) is 57.7 Å². The molecule has 1 aromatic rings. The SMILES string of the molecule is CCNC(=NCCCN1CCC(O)CC1)N1CCOC(c2ccc(C)cc2C)C1. The monoisotopic (exact) mass is 402 g/mol. The molecule has 6 heteroatoms. The number of guanidine groups is 1. The molecule has 0 aliphatic carbocycles. The molecule has 2 aliphatic heterocycles. The fraction of sp³-hybridized carbons (Fsp3) is 0.696. The maximum Gasteiger partial charge on any atom is 0.194 e. The number of hydrogen-bond donors (Lipinski definition) is 2. The molecular weight excluding hydrogens is 364 g/mol. The number of piperidine rings is 1. The Bertz CT molecular complexity index is 671. The molecule has 2 N–H and O–H groups in total. The summed E-state index contributed by atoms with van der Waals surface area (Å²) in [5.41, 5.74) is 3.87. The molecule has 162 valence electrons. The van der Waals surface area contributed by atoms with Gasteiger partial charge >= 0.3 is 0 Å². The largest absolute Gasteiger partial charge is 0.393 e. The Balaban J connectivity index is 1.55. The highest BCUT2D eigenvalue weighted by Crippen LogP contribution is 2.26. The van der Waals surface area contributed by atoms with Gasteiger partial charge in [-0.3, -0.25) is 4.99 Å². The summed E-state index contributed by atoms with van der Waals surface area (Å²) in [5, 5.41) is 13.1. The average molecular weight is 403 g/mol. The van der Waals surface area contributed by atoms with E-state index in [1.807, 2.05) is 0 Å². The second-order valence-electron chi connectivity index (χ2n) is 8.33. The summed E-state index contributed by atoms with van der Waals surface area (Å²) in [6.07, 6.45) is 2.85. The lowest BCUT2D eigenvalue weighted by Gasteiger charge is -2.36. The highest BCUT2D eigenvalue weighted by atomic mass is 16.5. The van der Waals surface area contributed by atoms with Crippen LogP contribution in [-0.4, -0.2) is 79.4 Å². The molecule has 1 unspecified atom stereocenters. The zero-order chi connectivity index (χ0) is 20.6. The van der Waals surface area contributed by atoms with Gasteiger partial charge in [-0.25, -0.2) is 0 Å². The average Bonchev–Trinajstić information content (AvgIpc) is 2.72. The number of nitrogens with one attached hydrogen (secondary N) is 1. The first-order valence-electron chi connectivity index (χ1n) is 11.2. The fourth-order valence-electron chi connectivity index (χ4n) is 4.26. The summed E-state index contributed by atoms with van der Waals surface area (Å²) >= 11 is 0. The van der Waals surface area contributed by atoms with Crippen LogP contribution in [0.25, 0.3) is 0 Å². The Morgan fingerprint density at radius 3 is 2.76 bits per heavy atom. The first-order valence-corrected chi connectivity index (χ1v) is 11.2. The van der Waals surface area contributed by atoms with Crippen molar-refractivity contribution in [1.82, 2.24) is 15.1 Å². The van der Waals surface area contributed by atoms with Gasteiger partial charge in [0.1, 0.15) is 6.10 Å². The highest BCUT2D eigenvalue weighted by Gasteiger charge is 2.25. The van der Waals surface area contributed by atoms with E-state index in [0.29, 0.717) is 0 Å². The maximum absolute atomic E-state index is 9.64. The van der Waals surface area contributed by atoms with Gasteiger partial charge in [-0.2, -0.15) is 0 Å². The van der Waals surface area contributed by atoms with Crippen LogP contribution in [0.15, 0.2) is 23.2 Å². The van der Waals surface area contributed by atoms with Gasteiger partial charge in [0.25, 0.3) is 0 Å². The van der Waals surface area contributed by atoms with Crippen LogP contribution >= 0.6 is 0 Å². The van der Waals surface area contributed by atoms with E-state index in [1.165, 1.54) is 16.7 Å². The predicted octanol–water partition coefficient (Wildman–Crippen LogP) is 2.49. The summed E-state index contributed by atoms with van der Waals surface area (Å²) in [6, 6.07) is 6.61. The van der Waals surface area contributed by atoms with Gasteiger partial charge in [0.2, 0.25) is 0 Å². The Labute approximate surface area is 175 Å². The number of aliphatic hydroxyl groups is 1.